The summed E-state index contributed by atoms with van der Waals surface area (Å²) >= 11 is 0. The number of hydrogen-bond acceptors (Lipinski definition) is 0. The van der Waals surface area contributed by atoms with E-state index in [2.05, 4.69) is 0 Å². The summed E-state index contributed by atoms with van der Waals surface area (Å²) in [6.45, 7) is 0. The van der Waals surface area contributed by atoms with Crippen LogP contribution in [0, 0.1) is 0 Å². The third kappa shape index (κ3) is 9.07. The average molecular weight is 389 g/mol. The molecule has 4 heteroatoms. The second kappa shape index (κ2) is 16.1. The molecule has 0 spiro atoms. The summed E-state index contributed by atoms with van der Waals surface area (Å²) in [5.74, 6) is 0. The third-order valence-electron chi connectivity index (χ3n) is 0. The maximum absolute atomic E-state index is 0. The van der Waals surface area contributed by atoms with Crippen LogP contribution in [0.1, 0.15) is 0 Å². The molecular weight excluding hydrogens is 382 g/mol. The Hall–Kier alpha value is 3.45. The molecule has 0 fully saturated rings. The van der Waals surface area contributed by atoms with Crippen molar-refractivity contribution in [1.29, 1.82) is 0 Å². The maximum atomic E-state index is 0. The Balaban J connectivity index is 0. The SMILES string of the molecule is [Ag].[AlH3].[CaH2].[PbH2]. The van der Waals surface area contributed by atoms with Gasteiger partial charge in [-0.15, -0.1) is 0 Å². The van der Waals surface area contributed by atoms with E-state index in [-0.39, 0.29) is 105 Å². The van der Waals surface area contributed by atoms with Gasteiger partial charge in [0, 0.05) is 22.4 Å². The van der Waals surface area contributed by atoms with Crippen molar-refractivity contribution in [2.24, 2.45) is 0 Å². The summed E-state index contributed by atoms with van der Waals surface area (Å²) in [6, 6.07) is 0. The van der Waals surface area contributed by atoms with E-state index in [1.807, 2.05) is 0 Å². The Morgan fingerprint density at radius 2 is 1.00 bits per heavy atom. The molecule has 0 saturated carbocycles. The number of hydrogen-bond donors (Lipinski definition) is 0. The van der Waals surface area contributed by atoms with Gasteiger partial charge in [-0.2, -0.15) is 0 Å². The monoisotopic (exact) mass is 389 g/mol. The van der Waals surface area contributed by atoms with Crippen molar-refractivity contribution in [3.63, 3.8) is 0 Å². The van der Waals surface area contributed by atoms with Gasteiger partial charge in [0.15, 0.2) is 17.4 Å². The molecule has 3 radical (unpaired) electrons. The quantitative estimate of drug-likeness (QED) is 0.387. The first-order valence-electron chi connectivity index (χ1n) is 0. The van der Waals surface area contributed by atoms with Crippen LogP contribution in [0.25, 0.3) is 0 Å². The molecule has 0 amide bonds. The summed E-state index contributed by atoms with van der Waals surface area (Å²) in [7, 11) is 0. The predicted molar refractivity (Wildman–Crippen MR) is 27.0 cm³/mol. The molecule has 0 rings (SSSR count). The van der Waals surface area contributed by atoms with Crippen LogP contribution in [0.3, 0.4) is 0 Å². The van der Waals surface area contributed by atoms with Gasteiger partial charge in [0.2, 0.25) is 0 Å². The zero-order chi connectivity index (χ0) is 0. The van der Waals surface area contributed by atoms with Crippen molar-refractivity contribution < 1.29 is 22.4 Å². The van der Waals surface area contributed by atoms with Gasteiger partial charge in [-0.25, -0.2) is 0 Å². The van der Waals surface area contributed by atoms with Crippen LogP contribution in [0.15, 0.2) is 0 Å². The van der Waals surface area contributed by atoms with Crippen molar-refractivity contribution >= 4 is 82.4 Å². The van der Waals surface area contributed by atoms with Crippen LogP contribution in [0.5, 0.6) is 0 Å². The van der Waals surface area contributed by atoms with Crippen molar-refractivity contribution in [2.45, 2.75) is 0 Å². The summed E-state index contributed by atoms with van der Waals surface area (Å²) in [5, 5.41) is 0. The minimum atomic E-state index is 0. The minimum absolute atomic E-state index is 0. The van der Waals surface area contributed by atoms with Gasteiger partial charge in [-0.1, -0.05) is 0 Å². The van der Waals surface area contributed by atoms with Crippen LogP contribution in [-0.2, 0) is 22.4 Å². The van der Waals surface area contributed by atoms with E-state index in [1.165, 1.54) is 0 Å². The van der Waals surface area contributed by atoms with E-state index >= 15 is 0 Å². The molecule has 27 valence electrons. The fraction of sp³-hybridized carbons (Fsp3) is 0. The van der Waals surface area contributed by atoms with Gasteiger partial charge in [-0.3, -0.25) is 0 Å². The molecular formula is H7AgAlCaPb. The van der Waals surface area contributed by atoms with Crippen molar-refractivity contribution in [2.75, 3.05) is 0 Å². The van der Waals surface area contributed by atoms with Crippen LogP contribution < -0.4 is 0 Å². The van der Waals surface area contributed by atoms with E-state index in [0.717, 1.165) is 0 Å². The Kier molecular flexibility index (Phi) is 105. The molecule has 0 atom stereocenters. The first-order valence-corrected chi connectivity index (χ1v) is 0. The van der Waals surface area contributed by atoms with Crippen LogP contribution in [0.4, 0.5) is 0 Å². The Morgan fingerprint density at radius 1 is 1.00 bits per heavy atom. The van der Waals surface area contributed by atoms with Gasteiger partial charge >= 0.3 is 65.0 Å². The molecule has 0 aliphatic heterocycles. The Labute approximate surface area is 102 Å². The number of rotatable bonds is 0. The van der Waals surface area contributed by atoms with Gasteiger partial charge in [0.25, 0.3) is 0 Å². The van der Waals surface area contributed by atoms with Gasteiger partial charge in [0.05, 0.1) is 0 Å². The topological polar surface area (TPSA) is 0 Å². The van der Waals surface area contributed by atoms with Crippen LogP contribution >= 0.6 is 0 Å². The summed E-state index contributed by atoms with van der Waals surface area (Å²) in [6.07, 6.45) is 0. The second-order valence-corrected chi connectivity index (χ2v) is 0. The zero-order valence-electron chi connectivity index (χ0n) is 1.01. The molecule has 0 heterocycles. The standard InChI is InChI=1S/Ag.Al.Ca.Pb.7H. The van der Waals surface area contributed by atoms with E-state index in [1.54, 1.807) is 0 Å². The van der Waals surface area contributed by atoms with Crippen LogP contribution in [0.2, 0.25) is 0 Å². The van der Waals surface area contributed by atoms with Gasteiger partial charge in [0.1, 0.15) is 0 Å². The van der Waals surface area contributed by atoms with Crippen molar-refractivity contribution in [3.8, 4) is 0 Å². The molecule has 4 heavy (non-hydrogen) atoms. The third-order valence-corrected chi connectivity index (χ3v) is 0. The molecule has 0 aromatic carbocycles. The van der Waals surface area contributed by atoms with Crippen molar-refractivity contribution in [3.05, 3.63) is 0 Å². The van der Waals surface area contributed by atoms with E-state index < -0.39 is 0 Å². The van der Waals surface area contributed by atoms with E-state index in [4.69, 9.17) is 0 Å². The molecule has 0 nitrogen and oxygen atoms in total. The van der Waals surface area contributed by atoms with Crippen molar-refractivity contribution in [1.82, 2.24) is 0 Å². The molecule has 0 N–H and O–H groups in total. The molecule has 0 aromatic rings. The second-order valence-electron chi connectivity index (χ2n) is 0. The zero-order valence-corrected chi connectivity index (χ0v) is 7.99. The molecule has 0 aromatic heterocycles. The summed E-state index contributed by atoms with van der Waals surface area (Å²) in [5.41, 5.74) is 0. The van der Waals surface area contributed by atoms with Gasteiger partial charge < -0.3 is 0 Å². The average Bonchev–Trinajstić information content (AvgIpc) is 0. The first-order chi connectivity index (χ1) is 0. The molecule has 0 bridgehead atoms. The molecule has 0 aliphatic carbocycles. The first kappa shape index (κ1) is 26.0. The Bertz CT molecular complexity index is 8.00. The summed E-state index contributed by atoms with van der Waals surface area (Å²) < 4.78 is 0. The summed E-state index contributed by atoms with van der Waals surface area (Å²) in [4.78, 5) is 0. The van der Waals surface area contributed by atoms with E-state index in [0.29, 0.717) is 0 Å². The molecule has 0 unspecified atom stereocenters. The predicted octanol–water partition coefficient (Wildman–Crippen LogP) is -3.02. The normalized spacial score (nSPS) is 0. The van der Waals surface area contributed by atoms with Crippen LogP contribution in [-0.4, -0.2) is 82.4 Å². The fourth-order valence-electron chi connectivity index (χ4n) is 0. The van der Waals surface area contributed by atoms with Gasteiger partial charge in [-0.05, 0) is 0 Å². The molecule has 0 aliphatic rings. The Morgan fingerprint density at radius 3 is 1.00 bits per heavy atom. The fourth-order valence-corrected chi connectivity index (χ4v) is 0. The molecule has 0 saturated heterocycles. The van der Waals surface area contributed by atoms with E-state index in [9.17, 15) is 0 Å².